The van der Waals surface area contributed by atoms with Crippen molar-refractivity contribution in [1.82, 2.24) is 14.9 Å². The normalized spacial score (nSPS) is 15.6. The molecule has 4 heteroatoms. The monoisotopic (exact) mass is 223 g/mol. The molecular weight excluding hydrogens is 202 g/mol. The van der Waals surface area contributed by atoms with Crippen LogP contribution in [-0.2, 0) is 17.8 Å². The third-order valence-electron chi connectivity index (χ3n) is 2.93. The van der Waals surface area contributed by atoms with Crippen molar-refractivity contribution in [2.75, 3.05) is 13.7 Å². The Kier molecular flexibility index (Phi) is 4.36. The summed E-state index contributed by atoms with van der Waals surface area (Å²) < 4.78 is 7.28. The van der Waals surface area contributed by atoms with Crippen LogP contribution in [0.5, 0.6) is 0 Å². The number of methoxy groups -OCH3 is 1. The number of imidazole rings is 1. The molecule has 1 saturated carbocycles. The molecule has 0 saturated heterocycles. The summed E-state index contributed by atoms with van der Waals surface area (Å²) in [5, 5.41) is 3.49. The fourth-order valence-corrected chi connectivity index (χ4v) is 1.76. The van der Waals surface area contributed by atoms with Gasteiger partial charge in [0.25, 0.3) is 0 Å². The van der Waals surface area contributed by atoms with E-state index in [-0.39, 0.29) is 0 Å². The number of hydrogen-bond acceptors (Lipinski definition) is 3. The summed E-state index contributed by atoms with van der Waals surface area (Å²) in [6, 6.07) is 0.749. The summed E-state index contributed by atoms with van der Waals surface area (Å²) in [5.74, 6) is 1.16. The molecule has 0 atom stereocenters. The quantitative estimate of drug-likeness (QED) is 0.680. The molecule has 1 aliphatic rings. The van der Waals surface area contributed by atoms with Gasteiger partial charge in [-0.25, -0.2) is 4.98 Å². The van der Waals surface area contributed by atoms with Crippen LogP contribution in [-0.4, -0.2) is 29.3 Å². The van der Waals surface area contributed by atoms with Crippen molar-refractivity contribution < 1.29 is 4.74 Å². The van der Waals surface area contributed by atoms with E-state index in [9.17, 15) is 0 Å². The highest BCUT2D eigenvalue weighted by Gasteiger charge is 2.20. The van der Waals surface area contributed by atoms with E-state index in [1.165, 1.54) is 12.8 Å². The van der Waals surface area contributed by atoms with E-state index < -0.39 is 0 Å². The van der Waals surface area contributed by atoms with Crippen molar-refractivity contribution >= 4 is 0 Å². The molecule has 0 amide bonds. The van der Waals surface area contributed by atoms with Crippen LogP contribution < -0.4 is 5.32 Å². The van der Waals surface area contributed by atoms with Crippen molar-refractivity contribution in [1.29, 1.82) is 0 Å². The molecular formula is C12H21N3O. The number of unbranched alkanes of at least 4 members (excludes halogenated alkanes) is 1. The minimum Gasteiger partial charge on any atom is -0.385 e. The largest absolute Gasteiger partial charge is 0.385 e. The topological polar surface area (TPSA) is 39.1 Å². The molecule has 16 heavy (non-hydrogen) atoms. The molecule has 90 valence electrons. The summed E-state index contributed by atoms with van der Waals surface area (Å²) in [4.78, 5) is 4.38. The molecule has 1 aromatic heterocycles. The van der Waals surface area contributed by atoms with E-state index in [1.807, 2.05) is 6.20 Å². The molecule has 0 aliphatic heterocycles. The molecule has 0 bridgehead atoms. The van der Waals surface area contributed by atoms with Gasteiger partial charge in [-0.15, -0.1) is 0 Å². The molecule has 2 rings (SSSR count). The standard InChI is InChI=1S/C12H21N3O/c1-16-9-3-2-7-15-8-6-13-12(15)10-14-11-4-5-11/h6,8,11,14H,2-5,7,9-10H2,1H3. The Balaban J connectivity index is 1.71. The lowest BCUT2D eigenvalue weighted by atomic mass is 10.3. The van der Waals surface area contributed by atoms with Crippen molar-refractivity contribution in [3.8, 4) is 0 Å². The van der Waals surface area contributed by atoms with Crippen LogP contribution in [0, 0.1) is 0 Å². The van der Waals surface area contributed by atoms with Crippen LogP contribution in [0.4, 0.5) is 0 Å². The molecule has 1 aromatic rings. The fourth-order valence-electron chi connectivity index (χ4n) is 1.76. The Morgan fingerprint density at radius 3 is 3.12 bits per heavy atom. The second-order valence-corrected chi connectivity index (χ2v) is 4.39. The van der Waals surface area contributed by atoms with Gasteiger partial charge in [0.05, 0.1) is 6.54 Å². The molecule has 0 spiro atoms. The summed E-state index contributed by atoms with van der Waals surface area (Å²) in [7, 11) is 1.75. The summed E-state index contributed by atoms with van der Waals surface area (Å²) in [6.45, 7) is 2.80. The Hall–Kier alpha value is -0.870. The van der Waals surface area contributed by atoms with Crippen LogP contribution in [0.1, 0.15) is 31.5 Å². The Morgan fingerprint density at radius 2 is 2.38 bits per heavy atom. The molecule has 0 radical (unpaired) electrons. The molecule has 0 aromatic carbocycles. The molecule has 4 nitrogen and oxygen atoms in total. The van der Waals surface area contributed by atoms with E-state index >= 15 is 0 Å². The van der Waals surface area contributed by atoms with Gasteiger partial charge in [0.2, 0.25) is 0 Å². The molecule has 1 heterocycles. The Morgan fingerprint density at radius 1 is 1.50 bits per heavy atom. The lowest BCUT2D eigenvalue weighted by Crippen LogP contribution is -2.19. The zero-order chi connectivity index (χ0) is 11.2. The van der Waals surface area contributed by atoms with Crippen molar-refractivity contribution in [2.24, 2.45) is 0 Å². The first-order valence-electron chi connectivity index (χ1n) is 6.12. The summed E-state index contributed by atoms with van der Waals surface area (Å²) in [6.07, 6.45) is 8.88. The maximum Gasteiger partial charge on any atom is 0.122 e. The van der Waals surface area contributed by atoms with Gasteiger partial charge in [0.1, 0.15) is 5.82 Å². The third kappa shape index (κ3) is 3.61. The van der Waals surface area contributed by atoms with Crippen molar-refractivity contribution in [3.63, 3.8) is 0 Å². The number of rotatable bonds is 8. The minimum atomic E-state index is 0.749. The fraction of sp³-hybridized carbons (Fsp3) is 0.750. The molecule has 1 N–H and O–H groups in total. The first kappa shape index (κ1) is 11.6. The zero-order valence-corrected chi connectivity index (χ0v) is 9.98. The first-order valence-corrected chi connectivity index (χ1v) is 6.12. The second kappa shape index (κ2) is 6.01. The van der Waals surface area contributed by atoms with Gasteiger partial charge in [0.15, 0.2) is 0 Å². The third-order valence-corrected chi connectivity index (χ3v) is 2.93. The predicted octanol–water partition coefficient (Wildman–Crippen LogP) is 1.56. The van der Waals surface area contributed by atoms with E-state index in [0.717, 1.165) is 44.4 Å². The van der Waals surface area contributed by atoms with E-state index in [2.05, 4.69) is 21.1 Å². The first-order chi connectivity index (χ1) is 7.90. The number of ether oxygens (including phenoxy) is 1. The van der Waals surface area contributed by atoms with Crippen LogP contribution in [0.2, 0.25) is 0 Å². The number of aryl methyl sites for hydroxylation is 1. The highest BCUT2D eigenvalue weighted by Crippen LogP contribution is 2.19. The van der Waals surface area contributed by atoms with Gasteiger partial charge < -0.3 is 14.6 Å². The number of hydrogen-bond donors (Lipinski definition) is 1. The van der Waals surface area contributed by atoms with Crippen LogP contribution >= 0.6 is 0 Å². The van der Waals surface area contributed by atoms with Gasteiger partial charge in [-0.2, -0.15) is 0 Å². The van der Waals surface area contributed by atoms with E-state index in [0.29, 0.717) is 0 Å². The minimum absolute atomic E-state index is 0.749. The van der Waals surface area contributed by atoms with E-state index in [1.54, 1.807) is 7.11 Å². The second-order valence-electron chi connectivity index (χ2n) is 4.39. The van der Waals surface area contributed by atoms with Crippen molar-refractivity contribution in [3.05, 3.63) is 18.2 Å². The highest BCUT2D eigenvalue weighted by molar-refractivity contribution is 4.94. The molecule has 1 fully saturated rings. The lowest BCUT2D eigenvalue weighted by molar-refractivity contribution is 0.191. The molecule has 1 aliphatic carbocycles. The average Bonchev–Trinajstić information content (AvgIpc) is 3.02. The van der Waals surface area contributed by atoms with Crippen LogP contribution in [0.25, 0.3) is 0 Å². The number of aromatic nitrogens is 2. The highest BCUT2D eigenvalue weighted by atomic mass is 16.5. The molecule has 0 unspecified atom stereocenters. The number of nitrogens with zero attached hydrogens (tertiary/aromatic N) is 2. The van der Waals surface area contributed by atoms with Gasteiger partial charge in [-0.05, 0) is 25.7 Å². The Labute approximate surface area is 97.0 Å². The van der Waals surface area contributed by atoms with E-state index in [4.69, 9.17) is 4.74 Å². The lowest BCUT2D eigenvalue weighted by Gasteiger charge is -2.08. The van der Waals surface area contributed by atoms with Crippen molar-refractivity contribution in [2.45, 2.75) is 44.8 Å². The maximum absolute atomic E-state index is 5.04. The average molecular weight is 223 g/mol. The van der Waals surface area contributed by atoms with Crippen LogP contribution in [0.15, 0.2) is 12.4 Å². The van der Waals surface area contributed by atoms with Gasteiger partial charge >= 0.3 is 0 Å². The zero-order valence-electron chi connectivity index (χ0n) is 9.98. The number of nitrogens with one attached hydrogen (secondary N) is 1. The smallest absolute Gasteiger partial charge is 0.122 e. The van der Waals surface area contributed by atoms with Gasteiger partial charge in [-0.1, -0.05) is 0 Å². The van der Waals surface area contributed by atoms with Crippen LogP contribution in [0.3, 0.4) is 0 Å². The van der Waals surface area contributed by atoms with Gasteiger partial charge in [0, 0.05) is 38.7 Å². The maximum atomic E-state index is 5.04. The summed E-state index contributed by atoms with van der Waals surface area (Å²) in [5.41, 5.74) is 0. The summed E-state index contributed by atoms with van der Waals surface area (Å²) >= 11 is 0. The predicted molar refractivity (Wildman–Crippen MR) is 63.2 cm³/mol. The SMILES string of the molecule is COCCCCn1ccnc1CNC1CC1. The Bertz CT molecular complexity index is 307. The van der Waals surface area contributed by atoms with Gasteiger partial charge in [-0.3, -0.25) is 0 Å².